The second-order valence-electron chi connectivity index (χ2n) is 5.64. The molecule has 2 aromatic heterocycles. The first-order chi connectivity index (χ1) is 12.7. The summed E-state index contributed by atoms with van der Waals surface area (Å²) in [5.74, 6) is -0.744. The molecule has 0 fully saturated rings. The lowest BCUT2D eigenvalue weighted by molar-refractivity contribution is -0.274. The molecular weight excluding hydrogens is 387 g/mol. The molecule has 0 radical (unpaired) electrons. The number of benzene rings is 1. The summed E-state index contributed by atoms with van der Waals surface area (Å²) in [4.78, 5) is 16.6. The number of halogens is 4. The second kappa shape index (κ2) is 6.99. The molecule has 3 rings (SSSR count). The molecule has 6 nitrogen and oxygen atoms in total. The molecule has 142 valence electrons. The van der Waals surface area contributed by atoms with Crippen LogP contribution in [0.2, 0.25) is 5.15 Å². The van der Waals surface area contributed by atoms with Crippen LogP contribution in [0.25, 0.3) is 5.69 Å². The summed E-state index contributed by atoms with van der Waals surface area (Å²) in [5.41, 5.74) is 0.638. The molecule has 1 aromatic carbocycles. The molecule has 0 atom stereocenters. The van der Waals surface area contributed by atoms with Gasteiger partial charge in [-0.15, -0.1) is 13.2 Å². The number of aromatic hydroxyl groups is 1. The van der Waals surface area contributed by atoms with Crippen molar-refractivity contribution in [3.8, 4) is 17.3 Å². The van der Waals surface area contributed by atoms with E-state index in [2.05, 4.69) is 9.72 Å². The van der Waals surface area contributed by atoms with Gasteiger partial charge in [0.2, 0.25) is 5.88 Å². The summed E-state index contributed by atoms with van der Waals surface area (Å²) in [6.07, 6.45) is -3.32. The molecule has 0 saturated carbocycles. The van der Waals surface area contributed by atoms with Crippen LogP contribution in [-0.4, -0.2) is 25.6 Å². The summed E-state index contributed by atoms with van der Waals surface area (Å²) >= 11 is 5.84. The number of pyridine rings is 1. The molecule has 1 N–H and O–H groups in total. The molecule has 0 saturated heterocycles. The van der Waals surface area contributed by atoms with E-state index >= 15 is 0 Å². The second-order valence-corrected chi connectivity index (χ2v) is 6.03. The minimum Gasteiger partial charge on any atom is -0.493 e. The summed E-state index contributed by atoms with van der Waals surface area (Å²) in [7, 11) is 0. The number of nitrogens with zero attached hydrogens (tertiary/aromatic N) is 3. The molecule has 3 aromatic rings. The van der Waals surface area contributed by atoms with Gasteiger partial charge in [-0.05, 0) is 48.9 Å². The quantitative estimate of drug-likeness (QED) is 0.680. The van der Waals surface area contributed by atoms with E-state index < -0.39 is 17.8 Å². The molecule has 0 unspecified atom stereocenters. The lowest BCUT2D eigenvalue weighted by atomic mass is 10.2. The fourth-order valence-electron chi connectivity index (χ4n) is 2.58. The van der Waals surface area contributed by atoms with Gasteiger partial charge >= 0.3 is 12.1 Å². The van der Waals surface area contributed by atoms with Crippen LogP contribution < -0.4 is 10.4 Å². The molecule has 0 aliphatic rings. The Morgan fingerprint density at radius 3 is 2.48 bits per heavy atom. The molecule has 0 spiro atoms. The normalized spacial score (nSPS) is 11.6. The molecule has 0 aliphatic heterocycles. The molecular formula is C17H13ClF3N3O3. The van der Waals surface area contributed by atoms with E-state index in [1.807, 2.05) is 0 Å². The van der Waals surface area contributed by atoms with Gasteiger partial charge in [-0.3, -0.25) is 4.57 Å². The van der Waals surface area contributed by atoms with Crippen LogP contribution in [0, 0.1) is 6.92 Å². The highest BCUT2D eigenvalue weighted by atomic mass is 35.5. The zero-order valence-corrected chi connectivity index (χ0v) is 14.6. The molecule has 0 bridgehead atoms. The van der Waals surface area contributed by atoms with Gasteiger partial charge in [0, 0.05) is 6.20 Å². The highest BCUT2D eigenvalue weighted by Crippen LogP contribution is 2.26. The fraction of sp³-hybridized carbons (Fsp3) is 0.176. The third-order valence-corrected chi connectivity index (χ3v) is 4.03. The summed E-state index contributed by atoms with van der Waals surface area (Å²) in [6.45, 7) is 1.69. The first-order valence-corrected chi connectivity index (χ1v) is 8.01. The Morgan fingerprint density at radius 2 is 1.89 bits per heavy atom. The van der Waals surface area contributed by atoms with Gasteiger partial charge in [-0.1, -0.05) is 11.6 Å². The Morgan fingerprint density at radius 1 is 1.22 bits per heavy atom. The summed E-state index contributed by atoms with van der Waals surface area (Å²) < 4.78 is 42.9. The van der Waals surface area contributed by atoms with E-state index in [0.29, 0.717) is 11.3 Å². The predicted molar refractivity (Wildman–Crippen MR) is 91.5 cm³/mol. The van der Waals surface area contributed by atoms with Crippen molar-refractivity contribution in [2.45, 2.75) is 19.8 Å². The van der Waals surface area contributed by atoms with E-state index in [9.17, 15) is 23.1 Å². The molecule has 0 aliphatic carbocycles. The number of aromatic nitrogens is 3. The zero-order chi connectivity index (χ0) is 19.8. The third kappa shape index (κ3) is 4.08. The van der Waals surface area contributed by atoms with Crippen LogP contribution in [0.1, 0.15) is 11.3 Å². The van der Waals surface area contributed by atoms with Crippen LogP contribution >= 0.6 is 11.6 Å². The Hall–Kier alpha value is -2.94. The van der Waals surface area contributed by atoms with Crippen molar-refractivity contribution in [1.82, 2.24) is 14.1 Å². The zero-order valence-electron chi connectivity index (χ0n) is 13.9. The fourth-order valence-corrected chi connectivity index (χ4v) is 2.77. The Labute approximate surface area is 156 Å². The lowest BCUT2D eigenvalue weighted by Gasteiger charge is -2.09. The van der Waals surface area contributed by atoms with Crippen LogP contribution in [0.5, 0.6) is 11.6 Å². The van der Waals surface area contributed by atoms with Gasteiger partial charge in [-0.25, -0.2) is 14.3 Å². The lowest BCUT2D eigenvalue weighted by Crippen LogP contribution is -2.24. The molecule has 2 heterocycles. The van der Waals surface area contributed by atoms with E-state index in [1.54, 1.807) is 19.1 Å². The maximum atomic E-state index is 12.7. The van der Waals surface area contributed by atoms with Crippen LogP contribution in [0.4, 0.5) is 13.2 Å². The van der Waals surface area contributed by atoms with Crippen LogP contribution in [0.15, 0.2) is 47.4 Å². The van der Waals surface area contributed by atoms with E-state index in [0.717, 1.165) is 16.7 Å². The van der Waals surface area contributed by atoms with Gasteiger partial charge < -0.3 is 9.84 Å². The summed E-state index contributed by atoms with van der Waals surface area (Å²) in [6, 6.07) is 7.87. The van der Waals surface area contributed by atoms with Crippen LogP contribution in [-0.2, 0) is 6.54 Å². The molecule has 10 heteroatoms. The average Bonchev–Trinajstić information content (AvgIpc) is 2.78. The van der Waals surface area contributed by atoms with Crippen molar-refractivity contribution >= 4 is 11.6 Å². The van der Waals surface area contributed by atoms with Crippen molar-refractivity contribution in [3.63, 3.8) is 0 Å². The van der Waals surface area contributed by atoms with Gasteiger partial charge in [0.1, 0.15) is 10.9 Å². The van der Waals surface area contributed by atoms with Crippen molar-refractivity contribution < 1.29 is 23.0 Å². The smallest absolute Gasteiger partial charge is 0.493 e. The Bertz CT molecular complexity index is 1030. The van der Waals surface area contributed by atoms with Gasteiger partial charge in [-0.2, -0.15) is 0 Å². The first kappa shape index (κ1) is 18.8. The average molecular weight is 400 g/mol. The van der Waals surface area contributed by atoms with E-state index in [1.165, 1.54) is 22.9 Å². The standard InChI is InChI=1S/C17H13ClF3N3O3/c1-10-15(25)24(12-2-4-13(5-3-12)27-17(19,20)21)16(26)23(10)9-11-6-7-22-14(18)8-11/h2-8,25H,9H2,1H3. The predicted octanol–water partition coefficient (Wildman–Crippen LogP) is 3.65. The maximum Gasteiger partial charge on any atom is 0.573 e. The van der Waals surface area contributed by atoms with Crippen molar-refractivity contribution in [3.05, 3.63) is 69.5 Å². The highest BCUT2D eigenvalue weighted by molar-refractivity contribution is 6.29. The van der Waals surface area contributed by atoms with Crippen molar-refractivity contribution in [2.75, 3.05) is 0 Å². The topological polar surface area (TPSA) is 69.3 Å². The highest BCUT2D eigenvalue weighted by Gasteiger charge is 2.31. The minimum absolute atomic E-state index is 0.142. The maximum absolute atomic E-state index is 12.7. The SMILES string of the molecule is Cc1c(O)n(-c2ccc(OC(F)(F)F)cc2)c(=O)n1Cc1ccnc(Cl)c1. The Kier molecular flexibility index (Phi) is 4.88. The van der Waals surface area contributed by atoms with Gasteiger partial charge in [0.05, 0.1) is 17.9 Å². The number of hydrogen-bond acceptors (Lipinski definition) is 4. The largest absolute Gasteiger partial charge is 0.573 e. The van der Waals surface area contributed by atoms with Crippen molar-refractivity contribution in [2.24, 2.45) is 0 Å². The molecule has 0 amide bonds. The van der Waals surface area contributed by atoms with Gasteiger partial charge in [0.25, 0.3) is 0 Å². The monoisotopic (exact) mass is 399 g/mol. The Balaban J connectivity index is 1.96. The van der Waals surface area contributed by atoms with Gasteiger partial charge in [0.15, 0.2) is 0 Å². The number of imidazole rings is 1. The number of rotatable bonds is 4. The first-order valence-electron chi connectivity index (χ1n) is 7.63. The van der Waals surface area contributed by atoms with Crippen LogP contribution in [0.3, 0.4) is 0 Å². The minimum atomic E-state index is -4.81. The van der Waals surface area contributed by atoms with E-state index in [4.69, 9.17) is 11.6 Å². The van der Waals surface area contributed by atoms with E-state index in [-0.39, 0.29) is 23.3 Å². The molecule has 27 heavy (non-hydrogen) atoms. The van der Waals surface area contributed by atoms with Crippen molar-refractivity contribution in [1.29, 1.82) is 0 Å². The third-order valence-electron chi connectivity index (χ3n) is 3.82. The number of hydrogen-bond donors (Lipinski definition) is 1. The number of alkyl halides is 3. The summed E-state index contributed by atoms with van der Waals surface area (Å²) in [5, 5.41) is 10.6. The number of ether oxygens (including phenoxy) is 1.